The van der Waals surface area contributed by atoms with E-state index >= 15 is 0 Å². The molecule has 0 spiro atoms. The molecule has 4 atom stereocenters. The van der Waals surface area contributed by atoms with Gasteiger partial charge in [0.1, 0.15) is 0 Å². The molecule has 0 radical (unpaired) electrons. The van der Waals surface area contributed by atoms with Crippen LogP contribution in [-0.4, -0.2) is 11.3 Å². The number of hydrogen-bond acceptors (Lipinski definition) is 0. The lowest BCUT2D eigenvalue weighted by molar-refractivity contribution is 0.762. The molecule has 4 unspecified atom stereocenters. The van der Waals surface area contributed by atoms with E-state index in [0.717, 1.165) is 30.0 Å². The van der Waals surface area contributed by atoms with Crippen molar-refractivity contribution in [3.8, 4) is 0 Å². The molecule has 0 aromatic heterocycles. The molecule has 0 heterocycles. The summed E-state index contributed by atoms with van der Waals surface area (Å²) < 4.78 is 0. The van der Waals surface area contributed by atoms with Gasteiger partial charge in [0.25, 0.3) is 0 Å². The molecule has 0 bridgehead atoms. The second-order valence-electron chi connectivity index (χ2n) is 18.3. The van der Waals surface area contributed by atoms with E-state index in [1.165, 1.54) is 43.8 Å². The molecule has 6 rings (SSSR count). The van der Waals surface area contributed by atoms with E-state index in [0.29, 0.717) is 46.8 Å². The van der Waals surface area contributed by atoms with E-state index in [1.54, 1.807) is 32.9 Å². The summed E-state index contributed by atoms with van der Waals surface area (Å²) in [6, 6.07) is 42.7. The van der Waals surface area contributed by atoms with E-state index in [4.69, 9.17) is 0 Å². The van der Waals surface area contributed by atoms with Gasteiger partial charge < -0.3 is 0 Å². The van der Waals surface area contributed by atoms with Crippen molar-refractivity contribution < 1.29 is 0 Å². The van der Waals surface area contributed by atoms with Gasteiger partial charge in [-0.05, 0) is 136 Å². The minimum Gasteiger partial charge on any atom is -0.0856 e. The third-order valence-electron chi connectivity index (χ3n) is 11.9. The van der Waals surface area contributed by atoms with Gasteiger partial charge >= 0.3 is 0 Å². The van der Waals surface area contributed by atoms with Crippen LogP contribution in [0.1, 0.15) is 163 Å². The van der Waals surface area contributed by atoms with Gasteiger partial charge in [-0.2, -0.15) is 0 Å². The number of hydrogen-bond donors (Lipinski definition) is 0. The Morgan fingerprint density at radius 3 is 0.929 bits per heavy atom. The Labute approximate surface area is 344 Å². The molecule has 6 aromatic carbocycles. The Kier molecular flexibility index (Phi) is 14.0. The van der Waals surface area contributed by atoms with Crippen LogP contribution < -0.4 is 10.6 Å². The summed E-state index contributed by atoms with van der Waals surface area (Å²) in [5, 5.41) is 8.63. The highest BCUT2D eigenvalue weighted by Crippen LogP contribution is 2.43. The molecule has 0 N–H and O–H groups in total. The average Bonchev–Trinajstić information content (AvgIpc) is 3.16. The van der Waals surface area contributed by atoms with Crippen molar-refractivity contribution in [1.29, 1.82) is 0 Å². The second kappa shape index (κ2) is 18.5. The van der Waals surface area contributed by atoms with Crippen LogP contribution in [0.4, 0.5) is 0 Å². The van der Waals surface area contributed by atoms with E-state index in [-0.39, 0.29) is 0 Å². The quantitative estimate of drug-likeness (QED) is 0.0911. The van der Waals surface area contributed by atoms with Crippen LogP contribution in [0.2, 0.25) is 0 Å². The first kappa shape index (κ1) is 42.3. The van der Waals surface area contributed by atoms with Crippen molar-refractivity contribution in [3.05, 3.63) is 154 Å². The van der Waals surface area contributed by atoms with Crippen molar-refractivity contribution in [1.82, 2.24) is 0 Å². The van der Waals surface area contributed by atoms with Crippen LogP contribution >= 0.6 is 17.2 Å². The van der Waals surface area contributed by atoms with E-state index in [1.807, 2.05) is 0 Å². The lowest BCUT2D eigenvalue weighted by atomic mass is 9.89. The highest BCUT2D eigenvalue weighted by Gasteiger charge is 2.30. The van der Waals surface area contributed by atoms with Crippen LogP contribution in [0.5, 0.6) is 0 Å². The predicted octanol–water partition coefficient (Wildman–Crippen LogP) is 15.3. The molecule has 0 saturated carbocycles. The summed E-state index contributed by atoms with van der Waals surface area (Å²) in [6.45, 7) is 28.8. The Balaban J connectivity index is 1.58. The van der Waals surface area contributed by atoms with Crippen molar-refractivity contribution in [2.24, 2.45) is 0 Å². The zero-order valence-corrected chi connectivity index (χ0v) is 38.4. The van der Waals surface area contributed by atoms with Crippen molar-refractivity contribution >= 4 is 49.3 Å². The number of rotatable bonds is 15. The minimum atomic E-state index is 0.472. The maximum Gasteiger partial charge on any atom is -0.00841 e. The molecule has 0 aliphatic heterocycles. The Morgan fingerprint density at radius 2 is 0.643 bits per heavy atom. The van der Waals surface area contributed by atoms with Gasteiger partial charge in [0.2, 0.25) is 0 Å². The molecule has 0 saturated heterocycles. The predicted molar refractivity (Wildman–Crippen MR) is 256 cm³/mol. The minimum absolute atomic E-state index is 0.472. The van der Waals surface area contributed by atoms with Gasteiger partial charge in [-0.15, -0.1) is 0 Å². The standard InChI is InChI=1S/C54H68P2/c1-33(2)45-29-47(35(5)6)53(48(30-45)36(7)8)55-51(27-39-21-23-41-17-13-15-19-43(41)25-39)52(28-40-22-24-42-18-14-16-20-44(42)26-40)56-54-49(37(9)10)31-46(34(3)4)32-50(54)38(11)12/h13-26,29-38,51-52,55-56H,27-28H2,1-12H3. The Bertz CT molecular complexity index is 2030. The van der Waals surface area contributed by atoms with Gasteiger partial charge in [0.05, 0.1) is 0 Å². The number of benzene rings is 6. The first-order valence-corrected chi connectivity index (χ1v) is 23.7. The fraction of sp³-hybridized carbons (Fsp3) is 0.407. The van der Waals surface area contributed by atoms with Gasteiger partial charge in [-0.3, -0.25) is 0 Å². The molecule has 6 aromatic rings. The van der Waals surface area contributed by atoms with Gasteiger partial charge in [-0.1, -0.05) is 209 Å². The SMILES string of the molecule is CC(C)c1cc(C(C)C)c(PC(Cc2ccc3ccccc3c2)C(Cc2ccc3ccccc3c2)Pc2c(C(C)C)cc(C(C)C)cc2C(C)C)c(C(C)C)c1. The van der Waals surface area contributed by atoms with Crippen LogP contribution in [0.15, 0.2) is 109 Å². The van der Waals surface area contributed by atoms with Gasteiger partial charge in [0.15, 0.2) is 0 Å². The lowest BCUT2D eigenvalue weighted by Crippen LogP contribution is -2.30. The second-order valence-corrected chi connectivity index (χ2v) is 21.4. The molecule has 56 heavy (non-hydrogen) atoms. The molecular formula is C54H68P2. The van der Waals surface area contributed by atoms with Crippen molar-refractivity contribution in [2.45, 2.75) is 143 Å². The maximum atomic E-state index is 2.58. The molecular weight excluding hydrogens is 711 g/mol. The highest BCUT2D eigenvalue weighted by atomic mass is 31.1. The first-order chi connectivity index (χ1) is 26.7. The summed E-state index contributed by atoms with van der Waals surface area (Å²) in [7, 11) is 1.44. The maximum absolute atomic E-state index is 2.58. The molecule has 2 heteroatoms. The zero-order valence-electron chi connectivity index (χ0n) is 36.4. The summed E-state index contributed by atoms with van der Waals surface area (Å²) in [5.74, 6) is 2.91. The average molecular weight is 779 g/mol. The fourth-order valence-electron chi connectivity index (χ4n) is 8.44. The van der Waals surface area contributed by atoms with E-state index in [2.05, 4.69) is 192 Å². The summed E-state index contributed by atoms with van der Waals surface area (Å²) >= 11 is 0. The lowest BCUT2D eigenvalue weighted by Gasteiger charge is -2.33. The zero-order chi connectivity index (χ0) is 40.3. The fourth-order valence-corrected chi connectivity index (χ4v) is 13.1. The largest absolute Gasteiger partial charge is 0.0856 e. The van der Waals surface area contributed by atoms with Crippen LogP contribution in [0.25, 0.3) is 21.5 Å². The summed E-state index contributed by atoms with van der Waals surface area (Å²) in [4.78, 5) is 0. The molecule has 0 fully saturated rings. The Hall–Kier alpha value is -3.30. The highest BCUT2D eigenvalue weighted by molar-refractivity contribution is 7.52. The topological polar surface area (TPSA) is 0 Å². The molecule has 0 aliphatic rings. The van der Waals surface area contributed by atoms with Gasteiger partial charge in [0, 0.05) is 0 Å². The van der Waals surface area contributed by atoms with Crippen molar-refractivity contribution in [3.63, 3.8) is 0 Å². The van der Waals surface area contributed by atoms with E-state index < -0.39 is 0 Å². The van der Waals surface area contributed by atoms with Gasteiger partial charge in [-0.25, -0.2) is 0 Å². The van der Waals surface area contributed by atoms with Crippen molar-refractivity contribution in [2.75, 3.05) is 0 Å². The third kappa shape index (κ3) is 9.86. The third-order valence-corrected chi connectivity index (χ3v) is 16.0. The smallest absolute Gasteiger partial charge is 0.00841 e. The summed E-state index contributed by atoms with van der Waals surface area (Å²) in [5.41, 5.74) is 13.1. The molecule has 0 nitrogen and oxygen atoms in total. The molecule has 0 aliphatic carbocycles. The van der Waals surface area contributed by atoms with Crippen LogP contribution in [-0.2, 0) is 12.8 Å². The summed E-state index contributed by atoms with van der Waals surface area (Å²) in [6.07, 6.45) is 2.15. The van der Waals surface area contributed by atoms with E-state index in [9.17, 15) is 0 Å². The van der Waals surface area contributed by atoms with Crippen LogP contribution in [0.3, 0.4) is 0 Å². The Morgan fingerprint density at radius 1 is 0.339 bits per heavy atom. The molecule has 294 valence electrons. The number of fused-ring (bicyclic) bond motifs is 2. The first-order valence-electron chi connectivity index (χ1n) is 21.5. The monoisotopic (exact) mass is 778 g/mol. The van der Waals surface area contributed by atoms with Crippen LogP contribution in [0, 0.1) is 0 Å². The molecule has 0 amide bonds. The normalized spacial score (nSPS) is 13.8.